The number of amides is 1. The maximum Gasteiger partial charge on any atom is 0.417 e. The van der Waals surface area contributed by atoms with E-state index in [2.05, 4.69) is 0 Å². The lowest BCUT2D eigenvalue weighted by Crippen LogP contribution is -2.34. The van der Waals surface area contributed by atoms with E-state index in [0.717, 1.165) is 38.4 Å². The van der Waals surface area contributed by atoms with Gasteiger partial charge in [0.25, 0.3) is 0 Å². The van der Waals surface area contributed by atoms with Crippen LogP contribution in [0.15, 0.2) is 46.9 Å². The van der Waals surface area contributed by atoms with E-state index in [0.29, 0.717) is 5.76 Å². The number of benzene rings is 1. The van der Waals surface area contributed by atoms with Crippen LogP contribution in [0.2, 0.25) is 0 Å². The van der Waals surface area contributed by atoms with Gasteiger partial charge >= 0.3 is 6.18 Å². The third kappa shape index (κ3) is 4.13. The summed E-state index contributed by atoms with van der Waals surface area (Å²) in [6.07, 6.45) is 1.58. The summed E-state index contributed by atoms with van der Waals surface area (Å²) in [6, 6.07) is 8.30. The van der Waals surface area contributed by atoms with Crippen molar-refractivity contribution in [2.24, 2.45) is 0 Å². The van der Waals surface area contributed by atoms with Crippen LogP contribution < -0.4 is 0 Å². The molecule has 1 aromatic heterocycles. The van der Waals surface area contributed by atoms with E-state index in [-0.39, 0.29) is 17.2 Å². The Morgan fingerprint density at radius 2 is 1.76 bits per heavy atom. The third-order valence-electron chi connectivity index (χ3n) is 4.18. The minimum absolute atomic E-state index is 0.0167. The van der Waals surface area contributed by atoms with Crippen LogP contribution in [0.1, 0.15) is 30.6 Å². The summed E-state index contributed by atoms with van der Waals surface area (Å²) in [5, 5.41) is 0. The van der Waals surface area contributed by atoms with E-state index in [4.69, 9.17) is 4.42 Å². The molecule has 1 aliphatic rings. The van der Waals surface area contributed by atoms with Crippen LogP contribution in [0.5, 0.6) is 0 Å². The van der Waals surface area contributed by atoms with Gasteiger partial charge in [0, 0.05) is 24.7 Å². The van der Waals surface area contributed by atoms with Gasteiger partial charge in [-0.25, -0.2) is 0 Å². The minimum Gasteiger partial charge on any atom is -0.457 e. The average molecular weight is 349 g/mol. The first-order valence-electron chi connectivity index (χ1n) is 8.18. The number of hydrogen-bond donors (Lipinski definition) is 0. The zero-order valence-electron chi connectivity index (χ0n) is 13.6. The fourth-order valence-corrected chi connectivity index (χ4v) is 2.91. The van der Waals surface area contributed by atoms with Crippen molar-refractivity contribution in [3.63, 3.8) is 0 Å². The second-order valence-electron chi connectivity index (χ2n) is 5.96. The molecule has 132 valence electrons. The highest BCUT2D eigenvalue weighted by molar-refractivity contribution is 5.91. The molecule has 0 saturated carbocycles. The normalized spacial score (nSPS) is 15.7. The molecule has 0 radical (unpaired) electrons. The Morgan fingerprint density at radius 3 is 2.48 bits per heavy atom. The smallest absolute Gasteiger partial charge is 0.417 e. The van der Waals surface area contributed by atoms with Crippen molar-refractivity contribution in [1.82, 2.24) is 4.90 Å². The van der Waals surface area contributed by atoms with E-state index in [9.17, 15) is 18.0 Å². The molecule has 1 aliphatic heterocycles. The van der Waals surface area contributed by atoms with Gasteiger partial charge in [-0.2, -0.15) is 13.2 Å². The van der Waals surface area contributed by atoms with Crippen LogP contribution in [0.25, 0.3) is 17.4 Å². The lowest BCUT2D eigenvalue weighted by atomic mass is 10.1. The molecule has 25 heavy (non-hydrogen) atoms. The molecule has 0 atom stereocenters. The van der Waals surface area contributed by atoms with E-state index >= 15 is 0 Å². The molecule has 1 fully saturated rings. The second-order valence-corrected chi connectivity index (χ2v) is 5.96. The highest BCUT2D eigenvalue weighted by Gasteiger charge is 2.34. The second kappa shape index (κ2) is 7.17. The average Bonchev–Trinajstić information content (AvgIpc) is 3.08. The summed E-state index contributed by atoms with van der Waals surface area (Å²) in [5.74, 6) is 0.365. The van der Waals surface area contributed by atoms with Gasteiger partial charge in [0.1, 0.15) is 11.5 Å². The number of furan rings is 1. The minimum atomic E-state index is -4.45. The monoisotopic (exact) mass is 349 g/mol. The van der Waals surface area contributed by atoms with E-state index < -0.39 is 11.7 Å². The molecule has 0 aliphatic carbocycles. The zero-order chi connectivity index (χ0) is 17.9. The number of halogens is 3. The van der Waals surface area contributed by atoms with Crippen LogP contribution in [-0.4, -0.2) is 23.9 Å². The standard InChI is InChI=1S/C19H18F3NO2/c20-19(21,22)16-7-3-2-6-15(16)17-10-8-14(25-17)9-11-18(24)23-12-4-1-5-13-23/h2-3,6-11H,1,4-5,12-13H2/b11-9+. The number of carbonyl (C=O) groups excluding carboxylic acids is 1. The Hall–Kier alpha value is -2.50. The number of nitrogens with zero attached hydrogens (tertiary/aromatic N) is 1. The Kier molecular flexibility index (Phi) is 4.97. The van der Waals surface area contributed by atoms with Gasteiger partial charge in [0.2, 0.25) is 5.91 Å². The SMILES string of the molecule is O=C(/C=C/c1ccc(-c2ccccc2C(F)(F)F)o1)N1CCCCC1. The summed E-state index contributed by atoms with van der Waals surface area (Å²) in [6.45, 7) is 1.48. The van der Waals surface area contributed by atoms with E-state index in [1.165, 1.54) is 36.4 Å². The Morgan fingerprint density at radius 1 is 1.04 bits per heavy atom. The number of piperidine rings is 1. The summed E-state index contributed by atoms with van der Waals surface area (Å²) in [7, 11) is 0. The van der Waals surface area contributed by atoms with Gasteiger partial charge in [-0.05, 0) is 43.5 Å². The summed E-state index contributed by atoms with van der Waals surface area (Å²) in [4.78, 5) is 13.8. The Balaban J connectivity index is 1.77. The summed E-state index contributed by atoms with van der Waals surface area (Å²) >= 11 is 0. The quantitative estimate of drug-likeness (QED) is 0.732. The number of likely N-dealkylation sites (tertiary alicyclic amines) is 1. The highest BCUT2D eigenvalue weighted by atomic mass is 19.4. The van der Waals surface area contributed by atoms with Crippen molar-refractivity contribution in [2.45, 2.75) is 25.4 Å². The maximum atomic E-state index is 13.1. The van der Waals surface area contributed by atoms with E-state index in [1.54, 1.807) is 11.0 Å². The largest absolute Gasteiger partial charge is 0.457 e. The molecule has 3 nitrogen and oxygen atoms in total. The Bertz CT molecular complexity index is 771. The first-order valence-corrected chi connectivity index (χ1v) is 8.18. The molecule has 0 spiro atoms. The number of alkyl halides is 3. The molecule has 2 heterocycles. The lowest BCUT2D eigenvalue weighted by molar-refractivity contribution is -0.137. The highest BCUT2D eigenvalue weighted by Crippen LogP contribution is 2.37. The van der Waals surface area contributed by atoms with Crippen LogP contribution in [0.4, 0.5) is 13.2 Å². The van der Waals surface area contributed by atoms with Crippen molar-refractivity contribution in [1.29, 1.82) is 0 Å². The van der Waals surface area contributed by atoms with E-state index in [1.807, 2.05) is 0 Å². The number of hydrogen-bond acceptors (Lipinski definition) is 2. The van der Waals surface area contributed by atoms with Crippen molar-refractivity contribution in [3.8, 4) is 11.3 Å². The third-order valence-corrected chi connectivity index (χ3v) is 4.18. The molecule has 6 heteroatoms. The van der Waals surface area contributed by atoms with Crippen molar-refractivity contribution in [3.05, 3.63) is 53.8 Å². The molecule has 1 aromatic carbocycles. The molecular weight excluding hydrogens is 331 g/mol. The first kappa shape index (κ1) is 17.3. The summed E-state index contributed by atoms with van der Waals surface area (Å²) < 4.78 is 44.8. The lowest BCUT2D eigenvalue weighted by Gasteiger charge is -2.25. The molecule has 0 unspecified atom stereocenters. The molecule has 1 amide bonds. The fourth-order valence-electron chi connectivity index (χ4n) is 2.91. The van der Waals surface area contributed by atoms with Gasteiger partial charge in [0.15, 0.2) is 0 Å². The van der Waals surface area contributed by atoms with Crippen molar-refractivity contribution < 1.29 is 22.4 Å². The van der Waals surface area contributed by atoms with Crippen LogP contribution in [-0.2, 0) is 11.0 Å². The van der Waals surface area contributed by atoms with Gasteiger partial charge in [-0.1, -0.05) is 18.2 Å². The van der Waals surface area contributed by atoms with Crippen LogP contribution >= 0.6 is 0 Å². The molecule has 2 aromatic rings. The predicted molar refractivity (Wildman–Crippen MR) is 88.6 cm³/mol. The number of rotatable bonds is 3. The molecule has 0 N–H and O–H groups in total. The molecule has 3 rings (SSSR count). The fraction of sp³-hybridized carbons (Fsp3) is 0.316. The van der Waals surface area contributed by atoms with Gasteiger partial charge < -0.3 is 9.32 Å². The maximum absolute atomic E-state index is 13.1. The number of carbonyl (C=O) groups is 1. The molecule has 1 saturated heterocycles. The molecular formula is C19H18F3NO2. The first-order chi connectivity index (χ1) is 11.9. The van der Waals surface area contributed by atoms with Crippen LogP contribution in [0, 0.1) is 0 Å². The summed E-state index contributed by atoms with van der Waals surface area (Å²) in [5.41, 5.74) is -0.763. The van der Waals surface area contributed by atoms with Crippen molar-refractivity contribution >= 4 is 12.0 Å². The Labute approximate surface area is 143 Å². The van der Waals surface area contributed by atoms with Gasteiger partial charge in [0.05, 0.1) is 5.56 Å². The molecule has 0 bridgehead atoms. The van der Waals surface area contributed by atoms with Gasteiger partial charge in [-0.3, -0.25) is 4.79 Å². The van der Waals surface area contributed by atoms with Gasteiger partial charge in [-0.15, -0.1) is 0 Å². The van der Waals surface area contributed by atoms with Crippen molar-refractivity contribution in [2.75, 3.05) is 13.1 Å². The zero-order valence-corrected chi connectivity index (χ0v) is 13.6. The topological polar surface area (TPSA) is 33.5 Å². The predicted octanol–water partition coefficient (Wildman–Crippen LogP) is 4.99. The van der Waals surface area contributed by atoms with Crippen LogP contribution in [0.3, 0.4) is 0 Å².